The molecule has 0 radical (unpaired) electrons. The fourth-order valence-corrected chi connectivity index (χ4v) is 0.716. The van der Waals surface area contributed by atoms with Gasteiger partial charge in [0.1, 0.15) is 0 Å². The van der Waals surface area contributed by atoms with Gasteiger partial charge >= 0.3 is 0 Å². The van der Waals surface area contributed by atoms with Crippen molar-refractivity contribution in [2.45, 2.75) is 6.04 Å². The third-order valence-corrected chi connectivity index (χ3v) is 1.33. The van der Waals surface area contributed by atoms with Crippen LogP contribution in [0.5, 0.6) is 0 Å². The Balaban J connectivity index is 2.75. The van der Waals surface area contributed by atoms with Crippen LogP contribution >= 0.6 is 0 Å². The van der Waals surface area contributed by atoms with E-state index >= 15 is 0 Å². The van der Waals surface area contributed by atoms with Crippen LogP contribution in [0, 0.1) is 0 Å². The van der Waals surface area contributed by atoms with E-state index in [0.29, 0.717) is 0 Å². The molecule has 3 nitrogen and oxygen atoms in total. The molecule has 0 saturated carbocycles. The van der Waals surface area contributed by atoms with E-state index in [4.69, 9.17) is 10.8 Å². The van der Waals surface area contributed by atoms with E-state index in [0.717, 1.165) is 5.56 Å². The number of aliphatic hydroxyl groups is 1. The second-order valence-corrected chi connectivity index (χ2v) is 2.07. The Labute approximate surface area is 59.5 Å². The van der Waals surface area contributed by atoms with Crippen molar-refractivity contribution in [3.05, 3.63) is 30.1 Å². The van der Waals surface area contributed by atoms with Crippen LogP contribution in [0.1, 0.15) is 11.6 Å². The number of hydrogen-bond acceptors (Lipinski definition) is 3. The molecule has 1 atom stereocenters. The number of nitrogens with two attached hydrogens (primary N) is 1. The minimum Gasteiger partial charge on any atom is -0.394 e. The van der Waals surface area contributed by atoms with Gasteiger partial charge in [0.05, 0.1) is 12.6 Å². The van der Waals surface area contributed by atoms with Crippen molar-refractivity contribution in [3.8, 4) is 0 Å². The molecule has 0 saturated heterocycles. The molecule has 1 aromatic rings. The summed E-state index contributed by atoms with van der Waals surface area (Å²) in [4.78, 5) is 3.82. The number of pyridine rings is 1. The maximum absolute atomic E-state index is 8.64. The Kier molecular flexibility index (Phi) is 2.36. The quantitative estimate of drug-likeness (QED) is 0.608. The summed E-state index contributed by atoms with van der Waals surface area (Å²) in [5.41, 5.74) is 6.43. The number of nitrogens with zero attached hydrogens (tertiary/aromatic N) is 1. The Morgan fingerprint density at radius 1 is 1.50 bits per heavy atom. The van der Waals surface area contributed by atoms with Crippen LogP contribution in [0.2, 0.25) is 0 Å². The van der Waals surface area contributed by atoms with Crippen molar-refractivity contribution in [1.82, 2.24) is 4.98 Å². The highest BCUT2D eigenvalue weighted by molar-refractivity contribution is 5.13. The zero-order chi connectivity index (χ0) is 7.40. The van der Waals surface area contributed by atoms with Crippen molar-refractivity contribution in [3.63, 3.8) is 0 Å². The number of rotatable bonds is 2. The van der Waals surface area contributed by atoms with E-state index in [9.17, 15) is 0 Å². The summed E-state index contributed by atoms with van der Waals surface area (Å²) in [7, 11) is 0. The van der Waals surface area contributed by atoms with Crippen molar-refractivity contribution >= 4 is 0 Å². The summed E-state index contributed by atoms with van der Waals surface area (Å²) in [6, 6.07) is 3.31. The highest BCUT2D eigenvalue weighted by Gasteiger charge is 2.00. The molecule has 0 aliphatic rings. The first-order chi connectivity index (χ1) is 4.84. The van der Waals surface area contributed by atoms with Gasteiger partial charge in [0.25, 0.3) is 0 Å². The Hall–Kier alpha value is -0.930. The largest absolute Gasteiger partial charge is 0.394 e. The Bertz CT molecular complexity index is 188. The number of hydrogen-bond donors (Lipinski definition) is 2. The normalized spacial score (nSPS) is 13.0. The van der Waals surface area contributed by atoms with Crippen LogP contribution in [0.4, 0.5) is 0 Å². The number of aromatic nitrogens is 1. The summed E-state index contributed by atoms with van der Waals surface area (Å²) in [6.07, 6.45) is 3.32. The van der Waals surface area contributed by atoms with Gasteiger partial charge in [0, 0.05) is 12.4 Å². The number of aliphatic hydroxyl groups excluding tert-OH is 1. The molecule has 0 fully saturated rings. The topological polar surface area (TPSA) is 59.1 Å². The van der Waals surface area contributed by atoms with Gasteiger partial charge in [0.2, 0.25) is 0 Å². The van der Waals surface area contributed by atoms with Gasteiger partial charge in [-0.2, -0.15) is 0 Å². The summed E-state index contributed by atoms with van der Waals surface area (Å²) < 4.78 is 0. The summed E-state index contributed by atoms with van der Waals surface area (Å²) in [6.45, 7) is -0.0238. The molecule has 10 heavy (non-hydrogen) atoms. The minimum atomic E-state index is -0.275. The maximum atomic E-state index is 8.64. The first-order valence-electron chi connectivity index (χ1n) is 3.11. The van der Waals surface area contributed by atoms with Crippen molar-refractivity contribution < 1.29 is 5.11 Å². The first kappa shape index (κ1) is 7.18. The van der Waals surface area contributed by atoms with E-state index in [1.54, 1.807) is 24.5 Å². The molecule has 3 N–H and O–H groups in total. The molecule has 3 heteroatoms. The smallest absolute Gasteiger partial charge is 0.0624 e. The third-order valence-electron chi connectivity index (χ3n) is 1.33. The summed E-state index contributed by atoms with van der Waals surface area (Å²) in [5.74, 6) is 0. The molecular formula is C7H10N2O. The molecular weight excluding hydrogens is 128 g/mol. The molecule has 0 aliphatic carbocycles. The average molecular weight is 138 g/mol. The summed E-state index contributed by atoms with van der Waals surface area (Å²) >= 11 is 0. The molecule has 0 amide bonds. The molecule has 1 aromatic heterocycles. The van der Waals surface area contributed by atoms with Gasteiger partial charge in [-0.1, -0.05) is 0 Å². The predicted molar refractivity (Wildman–Crippen MR) is 38.3 cm³/mol. The second-order valence-electron chi connectivity index (χ2n) is 2.07. The van der Waals surface area contributed by atoms with Gasteiger partial charge < -0.3 is 10.8 Å². The lowest BCUT2D eigenvalue weighted by Gasteiger charge is -2.05. The fourth-order valence-electron chi connectivity index (χ4n) is 0.716. The van der Waals surface area contributed by atoms with E-state index < -0.39 is 0 Å². The average Bonchev–Trinajstić information content (AvgIpc) is 2.05. The zero-order valence-electron chi connectivity index (χ0n) is 5.57. The lowest BCUT2D eigenvalue weighted by Crippen LogP contribution is -2.14. The van der Waals surface area contributed by atoms with Crippen molar-refractivity contribution in [2.75, 3.05) is 6.61 Å². The van der Waals surface area contributed by atoms with Crippen LogP contribution in [-0.4, -0.2) is 16.7 Å². The fraction of sp³-hybridized carbons (Fsp3) is 0.286. The van der Waals surface area contributed by atoms with E-state index in [1.807, 2.05) is 0 Å². The highest BCUT2D eigenvalue weighted by atomic mass is 16.3. The van der Waals surface area contributed by atoms with Gasteiger partial charge in [-0.25, -0.2) is 0 Å². The van der Waals surface area contributed by atoms with Gasteiger partial charge in [-0.05, 0) is 17.7 Å². The molecule has 0 spiro atoms. The molecule has 1 heterocycles. The molecule has 1 rings (SSSR count). The standard InChI is InChI=1S/C7H10N2O/c8-7(5-10)6-1-3-9-4-2-6/h1-4,7,10H,5,8H2/t7-/m1/s1. The van der Waals surface area contributed by atoms with Crippen LogP contribution in [0.3, 0.4) is 0 Å². The van der Waals surface area contributed by atoms with E-state index in [-0.39, 0.29) is 12.6 Å². The zero-order valence-corrected chi connectivity index (χ0v) is 5.57. The predicted octanol–water partition coefficient (Wildman–Crippen LogP) is 0.0737. The van der Waals surface area contributed by atoms with Crippen LogP contribution in [0.15, 0.2) is 24.5 Å². The molecule has 0 bridgehead atoms. The van der Waals surface area contributed by atoms with Crippen LogP contribution in [-0.2, 0) is 0 Å². The van der Waals surface area contributed by atoms with Gasteiger partial charge in [-0.15, -0.1) is 0 Å². The van der Waals surface area contributed by atoms with Crippen LogP contribution in [0.25, 0.3) is 0 Å². The highest BCUT2D eigenvalue weighted by Crippen LogP contribution is 2.05. The minimum absolute atomic E-state index is 0.0238. The molecule has 0 unspecified atom stereocenters. The van der Waals surface area contributed by atoms with E-state index in [1.165, 1.54) is 0 Å². The lowest BCUT2D eigenvalue weighted by molar-refractivity contribution is 0.268. The molecule has 54 valence electrons. The monoisotopic (exact) mass is 138 g/mol. The SMILES string of the molecule is N[C@H](CO)c1ccncc1. The first-order valence-corrected chi connectivity index (χ1v) is 3.11. The second kappa shape index (κ2) is 3.29. The molecule has 0 aliphatic heterocycles. The lowest BCUT2D eigenvalue weighted by atomic mass is 10.1. The van der Waals surface area contributed by atoms with Crippen LogP contribution < -0.4 is 5.73 Å². The van der Waals surface area contributed by atoms with Gasteiger partial charge in [-0.3, -0.25) is 4.98 Å². The van der Waals surface area contributed by atoms with Crippen molar-refractivity contribution in [1.29, 1.82) is 0 Å². The summed E-state index contributed by atoms with van der Waals surface area (Å²) in [5, 5.41) is 8.64. The Morgan fingerprint density at radius 3 is 2.60 bits per heavy atom. The Morgan fingerprint density at radius 2 is 2.10 bits per heavy atom. The molecule has 0 aromatic carbocycles. The third kappa shape index (κ3) is 1.52. The van der Waals surface area contributed by atoms with Gasteiger partial charge in [0.15, 0.2) is 0 Å². The van der Waals surface area contributed by atoms with Crippen molar-refractivity contribution in [2.24, 2.45) is 5.73 Å². The van der Waals surface area contributed by atoms with E-state index in [2.05, 4.69) is 4.98 Å². The maximum Gasteiger partial charge on any atom is 0.0624 e.